The molecule has 3 nitrogen and oxygen atoms in total. The van der Waals surface area contributed by atoms with Crippen molar-refractivity contribution in [1.82, 2.24) is 5.43 Å². The van der Waals surface area contributed by atoms with E-state index in [4.69, 9.17) is 10.6 Å². The molecule has 0 aromatic carbocycles. The predicted octanol–water partition coefficient (Wildman–Crippen LogP) is 1.68. The summed E-state index contributed by atoms with van der Waals surface area (Å²) in [5.41, 5.74) is 2.85. The van der Waals surface area contributed by atoms with Crippen LogP contribution in [0.25, 0.3) is 0 Å². The molecule has 3 N–H and O–H groups in total. The molecule has 0 aliphatic rings. The molecule has 0 aromatic rings. The molecule has 0 heterocycles. The second-order valence-electron chi connectivity index (χ2n) is 3.89. The fourth-order valence-corrected chi connectivity index (χ4v) is 1.38. The van der Waals surface area contributed by atoms with E-state index in [1.165, 1.54) is 6.42 Å². The van der Waals surface area contributed by atoms with Gasteiger partial charge in [0, 0.05) is 13.2 Å². The molecule has 3 atom stereocenters. The number of methoxy groups -OCH3 is 1. The molecule has 0 saturated heterocycles. The van der Waals surface area contributed by atoms with Crippen LogP contribution in [-0.2, 0) is 4.74 Å². The lowest BCUT2D eigenvalue weighted by atomic mass is 9.96. The van der Waals surface area contributed by atoms with Crippen LogP contribution < -0.4 is 11.3 Å². The fraction of sp³-hybridized carbons (Fsp3) is 1.00. The van der Waals surface area contributed by atoms with Crippen molar-refractivity contribution in [3.8, 4) is 0 Å². The second kappa shape index (κ2) is 7.30. The zero-order valence-electron chi connectivity index (χ0n) is 9.34. The van der Waals surface area contributed by atoms with Crippen LogP contribution in [-0.4, -0.2) is 19.3 Å². The van der Waals surface area contributed by atoms with Gasteiger partial charge in [-0.25, -0.2) is 0 Å². The Hall–Kier alpha value is -0.120. The molecule has 0 aliphatic carbocycles. The van der Waals surface area contributed by atoms with Crippen molar-refractivity contribution in [1.29, 1.82) is 0 Å². The van der Waals surface area contributed by atoms with Crippen molar-refractivity contribution in [3.63, 3.8) is 0 Å². The normalized spacial score (nSPS) is 18.2. The minimum atomic E-state index is 0.283. The Kier molecular flexibility index (Phi) is 7.23. The van der Waals surface area contributed by atoms with Crippen molar-refractivity contribution in [2.75, 3.05) is 7.11 Å². The van der Waals surface area contributed by atoms with Crippen LogP contribution in [0.5, 0.6) is 0 Å². The lowest BCUT2D eigenvalue weighted by Crippen LogP contribution is -2.38. The van der Waals surface area contributed by atoms with Gasteiger partial charge >= 0.3 is 0 Å². The number of hydrazine groups is 1. The van der Waals surface area contributed by atoms with Crippen LogP contribution in [0.4, 0.5) is 0 Å². The highest BCUT2D eigenvalue weighted by atomic mass is 16.5. The van der Waals surface area contributed by atoms with E-state index < -0.39 is 0 Å². The molecule has 3 heteroatoms. The molecule has 0 radical (unpaired) electrons. The average molecular weight is 188 g/mol. The maximum Gasteiger partial charge on any atom is 0.0558 e. The molecule has 0 spiro atoms. The van der Waals surface area contributed by atoms with E-state index in [1.54, 1.807) is 7.11 Å². The Bertz CT molecular complexity index is 107. The predicted molar refractivity (Wildman–Crippen MR) is 56.3 cm³/mol. The minimum Gasteiger partial charge on any atom is -0.382 e. The van der Waals surface area contributed by atoms with Crippen molar-refractivity contribution >= 4 is 0 Å². The molecule has 0 saturated carbocycles. The van der Waals surface area contributed by atoms with E-state index in [-0.39, 0.29) is 6.10 Å². The van der Waals surface area contributed by atoms with Crippen molar-refractivity contribution in [3.05, 3.63) is 0 Å². The van der Waals surface area contributed by atoms with Gasteiger partial charge in [-0.1, -0.05) is 20.3 Å². The first-order chi connectivity index (χ1) is 6.13. The van der Waals surface area contributed by atoms with Gasteiger partial charge in [0.2, 0.25) is 0 Å². The molecule has 0 aliphatic heterocycles. The highest BCUT2D eigenvalue weighted by molar-refractivity contribution is 4.69. The summed E-state index contributed by atoms with van der Waals surface area (Å²) < 4.78 is 5.20. The van der Waals surface area contributed by atoms with E-state index >= 15 is 0 Å². The summed E-state index contributed by atoms with van der Waals surface area (Å²) in [5, 5.41) is 0. The topological polar surface area (TPSA) is 47.3 Å². The molecule has 0 bridgehead atoms. The minimum absolute atomic E-state index is 0.283. The Morgan fingerprint density at radius 1 is 1.31 bits per heavy atom. The summed E-state index contributed by atoms with van der Waals surface area (Å²) in [7, 11) is 1.74. The van der Waals surface area contributed by atoms with Crippen molar-refractivity contribution < 1.29 is 4.74 Å². The third kappa shape index (κ3) is 6.02. The van der Waals surface area contributed by atoms with Crippen LogP contribution in [0.3, 0.4) is 0 Å². The monoisotopic (exact) mass is 188 g/mol. The van der Waals surface area contributed by atoms with E-state index in [9.17, 15) is 0 Å². The van der Waals surface area contributed by atoms with Gasteiger partial charge in [-0.2, -0.15) is 0 Å². The summed E-state index contributed by atoms with van der Waals surface area (Å²) in [6.45, 7) is 6.53. The first-order valence-corrected chi connectivity index (χ1v) is 5.12. The first-order valence-electron chi connectivity index (χ1n) is 5.12. The van der Waals surface area contributed by atoms with Crippen LogP contribution in [0.15, 0.2) is 0 Å². The van der Waals surface area contributed by atoms with Gasteiger partial charge in [0.05, 0.1) is 6.10 Å². The van der Waals surface area contributed by atoms with Gasteiger partial charge in [-0.15, -0.1) is 0 Å². The average Bonchev–Trinajstić information content (AvgIpc) is 2.16. The molecule has 0 aromatic heterocycles. The summed E-state index contributed by atoms with van der Waals surface area (Å²) in [6, 6.07) is 0.380. The van der Waals surface area contributed by atoms with Crippen LogP contribution in [0, 0.1) is 5.92 Å². The number of nitrogens with two attached hydrogens (primary N) is 1. The summed E-state index contributed by atoms with van der Waals surface area (Å²) in [4.78, 5) is 0. The quantitative estimate of drug-likeness (QED) is 0.472. The highest BCUT2D eigenvalue weighted by Gasteiger charge is 2.13. The summed E-state index contributed by atoms with van der Waals surface area (Å²) >= 11 is 0. The molecule has 13 heavy (non-hydrogen) atoms. The third-order valence-electron chi connectivity index (χ3n) is 2.64. The summed E-state index contributed by atoms with van der Waals surface area (Å²) in [6.07, 6.45) is 3.60. The van der Waals surface area contributed by atoms with Crippen LogP contribution >= 0.6 is 0 Å². The lowest BCUT2D eigenvalue weighted by molar-refractivity contribution is 0.0972. The van der Waals surface area contributed by atoms with Gasteiger partial charge in [0.25, 0.3) is 0 Å². The van der Waals surface area contributed by atoms with Crippen LogP contribution in [0.1, 0.15) is 40.0 Å². The lowest BCUT2D eigenvalue weighted by Gasteiger charge is -2.22. The Morgan fingerprint density at radius 2 is 1.92 bits per heavy atom. The smallest absolute Gasteiger partial charge is 0.0558 e. The van der Waals surface area contributed by atoms with Crippen LogP contribution in [0.2, 0.25) is 0 Å². The molecule has 80 valence electrons. The standard InChI is InChI=1S/C10H24N2O/c1-5-8(2)6-10(12-11)7-9(3)13-4/h8-10,12H,5-7,11H2,1-4H3. The first kappa shape index (κ1) is 12.9. The Morgan fingerprint density at radius 3 is 2.31 bits per heavy atom. The zero-order valence-corrected chi connectivity index (χ0v) is 9.34. The maximum absolute atomic E-state index is 5.47. The zero-order chi connectivity index (χ0) is 10.3. The number of hydrogen-bond donors (Lipinski definition) is 2. The third-order valence-corrected chi connectivity index (χ3v) is 2.64. The number of rotatable bonds is 7. The fourth-order valence-electron chi connectivity index (χ4n) is 1.38. The second-order valence-corrected chi connectivity index (χ2v) is 3.89. The van der Waals surface area contributed by atoms with Crippen molar-refractivity contribution in [2.24, 2.45) is 11.8 Å². The van der Waals surface area contributed by atoms with Gasteiger partial charge in [0.15, 0.2) is 0 Å². The van der Waals surface area contributed by atoms with Gasteiger partial charge in [0.1, 0.15) is 0 Å². The number of ether oxygens (including phenoxy) is 1. The largest absolute Gasteiger partial charge is 0.382 e. The molecule has 0 amide bonds. The Labute approximate surface area is 82.0 Å². The van der Waals surface area contributed by atoms with E-state index in [2.05, 4.69) is 26.2 Å². The van der Waals surface area contributed by atoms with E-state index in [0.717, 1.165) is 18.8 Å². The molecular formula is C10H24N2O. The van der Waals surface area contributed by atoms with E-state index in [1.807, 2.05) is 0 Å². The molecule has 0 rings (SSSR count). The Balaban J connectivity index is 3.74. The number of hydrogen-bond acceptors (Lipinski definition) is 3. The van der Waals surface area contributed by atoms with Gasteiger partial charge in [-0.05, 0) is 25.7 Å². The van der Waals surface area contributed by atoms with Crippen molar-refractivity contribution in [2.45, 2.75) is 52.2 Å². The molecular weight excluding hydrogens is 164 g/mol. The molecule has 0 fully saturated rings. The molecule has 3 unspecified atom stereocenters. The highest BCUT2D eigenvalue weighted by Crippen LogP contribution is 2.13. The van der Waals surface area contributed by atoms with E-state index in [0.29, 0.717) is 6.04 Å². The summed E-state index contributed by atoms with van der Waals surface area (Å²) in [5.74, 6) is 6.20. The van der Waals surface area contributed by atoms with Gasteiger partial charge in [-0.3, -0.25) is 11.3 Å². The van der Waals surface area contributed by atoms with Gasteiger partial charge < -0.3 is 4.74 Å². The number of nitrogens with one attached hydrogen (secondary N) is 1. The SMILES string of the molecule is CCC(C)CC(CC(C)OC)NN. The maximum atomic E-state index is 5.47.